The van der Waals surface area contributed by atoms with Crippen molar-refractivity contribution in [3.63, 3.8) is 0 Å². The number of nitrogens with one attached hydrogen (secondary N) is 1. The maximum absolute atomic E-state index is 5.95. The largest absolute Gasteiger partial charge is 0.457 e. The Morgan fingerprint density at radius 3 is 2.60 bits per heavy atom. The predicted molar refractivity (Wildman–Crippen MR) is 82.2 cm³/mol. The lowest BCUT2D eigenvalue weighted by molar-refractivity contribution is 0.473. The van der Waals surface area contributed by atoms with Crippen LogP contribution in [0.1, 0.15) is 37.3 Å². The van der Waals surface area contributed by atoms with Crippen LogP contribution >= 0.6 is 0 Å². The van der Waals surface area contributed by atoms with Crippen LogP contribution in [0, 0.1) is 0 Å². The second-order valence-corrected chi connectivity index (χ2v) is 4.99. The van der Waals surface area contributed by atoms with Crippen LogP contribution in [0.4, 0.5) is 0 Å². The van der Waals surface area contributed by atoms with Crippen LogP contribution in [0.25, 0.3) is 0 Å². The topological polar surface area (TPSA) is 34.1 Å². The summed E-state index contributed by atoms with van der Waals surface area (Å²) < 4.78 is 5.95. The minimum atomic E-state index is 0.588. The first-order valence-corrected chi connectivity index (χ1v) is 7.10. The number of hydrogen-bond donors (Lipinski definition) is 1. The number of hydrogen-bond acceptors (Lipinski definition) is 3. The van der Waals surface area contributed by atoms with Crippen molar-refractivity contribution in [3.8, 4) is 11.5 Å². The van der Waals surface area contributed by atoms with Gasteiger partial charge in [-0.3, -0.25) is 4.98 Å². The van der Waals surface area contributed by atoms with Gasteiger partial charge in [-0.05, 0) is 43.1 Å². The van der Waals surface area contributed by atoms with Crippen molar-refractivity contribution < 1.29 is 4.74 Å². The highest BCUT2D eigenvalue weighted by Gasteiger charge is 2.06. The zero-order chi connectivity index (χ0) is 14.4. The summed E-state index contributed by atoms with van der Waals surface area (Å²) in [6.45, 7) is 5.19. The molecule has 0 saturated carbocycles. The number of pyridine rings is 1. The first-order chi connectivity index (χ1) is 9.74. The minimum Gasteiger partial charge on any atom is -0.457 e. The van der Waals surface area contributed by atoms with Gasteiger partial charge in [-0.2, -0.15) is 0 Å². The summed E-state index contributed by atoms with van der Waals surface area (Å²) in [5.74, 6) is 2.30. The van der Waals surface area contributed by atoms with Crippen LogP contribution < -0.4 is 10.1 Å². The van der Waals surface area contributed by atoms with Crippen LogP contribution in [0.5, 0.6) is 11.5 Å². The Bertz CT molecular complexity index is 537. The lowest BCUT2D eigenvalue weighted by Crippen LogP contribution is -2.06. The van der Waals surface area contributed by atoms with E-state index in [1.807, 2.05) is 31.4 Å². The molecule has 3 heteroatoms. The van der Waals surface area contributed by atoms with Crippen molar-refractivity contribution in [2.45, 2.75) is 32.7 Å². The normalized spacial score (nSPS) is 12.2. The van der Waals surface area contributed by atoms with Gasteiger partial charge in [0.1, 0.15) is 11.5 Å². The molecular weight excluding hydrogens is 248 g/mol. The molecule has 1 unspecified atom stereocenters. The summed E-state index contributed by atoms with van der Waals surface area (Å²) in [5.41, 5.74) is 2.41. The zero-order valence-corrected chi connectivity index (χ0v) is 12.4. The van der Waals surface area contributed by atoms with E-state index >= 15 is 0 Å². The van der Waals surface area contributed by atoms with Crippen LogP contribution in [0.2, 0.25) is 0 Å². The Morgan fingerprint density at radius 1 is 1.20 bits per heavy atom. The molecule has 0 fully saturated rings. The van der Waals surface area contributed by atoms with Crippen molar-refractivity contribution in [1.29, 1.82) is 0 Å². The molecule has 0 aliphatic carbocycles. The van der Waals surface area contributed by atoms with E-state index in [0.717, 1.165) is 30.0 Å². The van der Waals surface area contributed by atoms with Gasteiger partial charge in [0.2, 0.25) is 0 Å². The van der Waals surface area contributed by atoms with Crippen molar-refractivity contribution in [2.24, 2.45) is 0 Å². The van der Waals surface area contributed by atoms with Gasteiger partial charge in [0.15, 0.2) is 0 Å². The number of benzene rings is 1. The Kier molecular flexibility index (Phi) is 5.13. The van der Waals surface area contributed by atoms with Crippen molar-refractivity contribution in [3.05, 3.63) is 53.9 Å². The van der Waals surface area contributed by atoms with Crippen LogP contribution in [-0.2, 0) is 6.54 Å². The summed E-state index contributed by atoms with van der Waals surface area (Å²) >= 11 is 0. The summed E-state index contributed by atoms with van der Waals surface area (Å²) in [4.78, 5) is 4.13. The molecule has 0 aliphatic heterocycles. The summed E-state index contributed by atoms with van der Waals surface area (Å²) in [5, 5.41) is 3.12. The van der Waals surface area contributed by atoms with E-state index in [4.69, 9.17) is 4.74 Å². The molecule has 0 spiro atoms. The van der Waals surface area contributed by atoms with Crippen LogP contribution in [0.3, 0.4) is 0 Å². The van der Waals surface area contributed by atoms with Gasteiger partial charge < -0.3 is 10.1 Å². The molecule has 0 aliphatic rings. The zero-order valence-electron chi connectivity index (χ0n) is 12.4. The Labute approximate surface area is 121 Å². The Balaban J connectivity index is 2.14. The van der Waals surface area contributed by atoms with E-state index in [-0.39, 0.29) is 0 Å². The molecule has 0 radical (unpaired) electrons. The fourth-order valence-corrected chi connectivity index (χ4v) is 2.06. The lowest BCUT2D eigenvalue weighted by Gasteiger charge is -2.12. The third-order valence-electron chi connectivity index (χ3n) is 3.52. The monoisotopic (exact) mass is 270 g/mol. The van der Waals surface area contributed by atoms with Gasteiger partial charge in [-0.25, -0.2) is 0 Å². The van der Waals surface area contributed by atoms with Gasteiger partial charge in [0, 0.05) is 24.5 Å². The molecule has 1 aromatic heterocycles. The molecule has 0 saturated heterocycles. The summed E-state index contributed by atoms with van der Waals surface area (Å²) in [7, 11) is 1.91. The first-order valence-electron chi connectivity index (χ1n) is 7.10. The highest BCUT2D eigenvalue weighted by atomic mass is 16.5. The molecule has 2 aromatic rings. The molecule has 1 atom stereocenters. The average molecular weight is 270 g/mol. The number of rotatable bonds is 6. The van der Waals surface area contributed by atoms with E-state index in [0.29, 0.717) is 5.92 Å². The van der Waals surface area contributed by atoms with E-state index < -0.39 is 0 Å². The van der Waals surface area contributed by atoms with Gasteiger partial charge in [0.05, 0.1) is 0 Å². The lowest BCUT2D eigenvalue weighted by atomic mass is 9.99. The van der Waals surface area contributed by atoms with E-state index in [1.54, 1.807) is 6.20 Å². The molecule has 2 rings (SSSR count). The number of ether oxygens (including phenoxy) is 1. The first kappa shape index (κ1) is 14.5. The fourth-order valence-electron chi connectivity index (χ4n) is 2.06. The number of nitrogens with zero attached hydrogens (tertiary/aromatic N) is 1. The SMILES string of the molecule is CCC(C)c1ccc(Oc2ccncc2CNC)cc1. The molecule has 1 aromatic carbocycles. The van der Waals surface area contributed by atoms with Crippen LogP contribution in [-0.4, -0.2) is 12.0 Å². The van der Waals surface area contributed by atoms with E-state index in [2.05, 4.69) is 36.3 Å². The van der Waals surface area contributed by atoms with Gasteiger partial charge in [0.25, 0.3) is 0 Å². The molecule has 0 amide bonds. The summed E-state index contributed by atoms with van der Waals surface area (Å²) in [6, 6.07) is 10.2. The third-order valence-corrected chi connectivity index (χ3v) is 3.52. The van der Waals surface area contributed by atoms with E-state index in [9.17, 15) is 0 Å². The van der Waals surface area contributed by atoms with Crippen molar-refractivity contribution in [2.75, 3.05) is 7.05 Å². The molecule has 1 N–H and O–H groups in total. The molecule has 106 valence electrons. The second kappa shape index (κ2) is 7.06. The van der Waals surface area contributed by atoms with Crippen LogP contribution in [0.15, 0.2) is 42.7 Å². The molecule has 1 heterocycles. The molecule has 0 bridgehead atoms. The Morgan fingerprint density at radius 2 is 1.95 bits per heavy atom. The molecule has 3 nitrogen and oxygen atoms in total. The van der Waals surface area contributed by atoms with Crippen molar-refractivity contribution >= 4 is 0 Å². The highest BCUT2D eigenvalue weighted by Crippen LogP contribution is 2.27. The molecule has 20 heavy (non-hydrogen) atoms. The van der Waals surface area contributed by atoms with E-state index in [1.165, 1.54) is 5.56 Å². The van der Waals surface area contributed by atoms with Gasteiger partial charge in [-0.15, -0.1) is 0 Å². The smallest absolute Gasteiger partial charge is 0.134 e. The van der Waals surface area contributed by atoms with Crippen molar-refractivity contribution in [1.82, 2.24) is 10.3 Å². The second-order valence-electron chi connectivity index (χ2n) is 4.99. The quantitative estimate of drug-likeness (QED) is 0.857. The number of aromatic nitrogens is 1. The maximum atomic E-state index is 5.95. The third kappa shape index (κ3) is 3.58. The minimum absolute atomic E-state index is 0.588. The predicted octanol–water partition coefficient (Wildman–Crippen LogP) is 4.11. The highest BCUT2D eigenvalue weighted by molar-refractivity contribution is 5.37. The Hall–Kier alpha value is -1.87. The van der Waals surface area contributed by atoms with Gasteiger partial charge >= 0.3 is 0 Å². The maximum Gasteiger partial charge on any atom is 0.134 e. The van der Waals surface area contributed by atoms with Gasteiger partial charge in [-0.1, -0.05) is 26.0 Å². The average Bonchev–Trinajstić information content (AvgIpc) is 2.49. The fraction of sp³-hybridized carbons (Fsp3) is 0.353. The standard InChI is InChI=1S/C17H22N2O/c1-4-13(2)14-5-7-16(8-6-14)20-17-9-10-19-12-15(17)11-18-3/h5-10,12-13,18H,4,11H2,1-3H3. The molecular formula is C17H22N2O. The summed E-state index contributed by atoms with van der Waals surface area (Å²) in [6.07, 6.45) is 4.73.